The van der Waals surface area contributed by atoms with Gasteiger partial charge in [-0.25, -0.2) is 14.6 Å². The molecule has 0 aliphatic rings. The molecule has 0 atom stereocenters. The highest BCUT2D eigenvalue weighted by Crippen LogP contribution is 2.27. The molecule has 9 heteroatoms. The van der Waals surface area contributed by atoms with E-state index in [1.54, 1.807) is 23.0 Å². The number of halogens is 2. The van der Waals surface area contributed by atoms with Crippen LogP contribution >= 0.6 is 39.3 Å². The fourth-order valence-electron chi connectivity index (χ4n) is 2.75. The highest BCUT2D eigenvalue weighted by molar-refractivity contribution is 9.10. The predicted molar refractivity (Wildman–Crippen MR) is 120 cm³/mol. The Morgan fingerprint density at radius 2 is 2.00 bits per heavy atom. The topological polar surface area (TPSA) is 72.7 Å². The lowest BCUT2D eigenvalue weighted by Crippen LogP contribution is -2.14. The van der Waals surface area contributed by atoms with Gasteiger partial charge in [0.25, 0.3) is 0 Å². The Bertz CT molecular complexity index is 1200. The molecule has 146 valence electrons. The zero-order valence-corrected chi connectivity index (χ0v) is 18.4. The standard InChI is InChI=1S/C20H15BrClN5OS/c1-12-2-7-17(16(21)8-12)26-18(28)10-29-20-15-9-25-27(19(15)23-11-24-20)14-5-3-13(22)4-6-14/h2-9,11H,10H2,1H3,(H,26,28). The first-order valence-corrected chi connectivity index (χ1v) is 10.8. The largest absolute Gasteiger partial charge is 0.324 e. The summed E-state index contributed by atoms with van der Waals surface area (Å²) in [5.74, 6) is 0.106. The van der Waals surface area contributed by atoms with Crippen molar-refractivity contribution in [2.45, 2.75) is 11.9 Å². The summed E-state index contributed by atoms with van der Waals surface area (Å²) in [5.41, 5.74) is 3.38. The normalized spacial score (nSPS) is 11.0. The quantitative estimate of drug-likeness (QED) is 0.306. The molecule has 1 amide bonds. The highest BCUT2D eigenvalue weighted by atomic mass is 79.9. The molecule has 0 bridgehead atoms. The van der Waals surface area contributed by atoms with Gasteiger partial charge in [-0.1, -0.05) is 29.4 Å². The Morgan fingerprint density at radius 3 is 2.76 bits per heavy atom. The number of nitrogens with zero attached hydrogens (tertiary/aromatic N) is 4. The molecule has 4 rings (SSSR count). The molecule has 0 radical (unpaired) electrons. The molecule has 0 saturated heterocycles. The van der Waals surface area contributed by atoms with Crippen molar-refractivity contribution in [3.05, 3.63) is 70.0 Å². The van der Waals surface area contributed by atoms with Crippen molar-refractivity contribution in [3.8, 4) is 5.69 Å². The molecule has 1 N–H and O–H groups in total. The van der Waals surface area contributed by atoms with Crippen LogP contribution < -0.4 is 5.32 Å². The Morgan fingerprint density at radius 1 is 1.21 bits per heavy atom. The second-order valence-corrected chi connectivity index (χ2v) is 8.52. The molecule has 2 aromatic carbocycles. The lowest BCUT2D eigenvalue weighted by Gasteiger charge is -2.08. The average molecular weight is 489 g/mol. The minimum atomic E-state index is -0.114. The summed E-state index contributed by atoms with van der Waals surface area (Å²) in [5, 5.41) is 9.48. The molecule has 2 heterocycles. The number of anilines is 1. The molecule has 6 nitrogen and oxygen atoms in total. The van der Waals surface area contributed by atoms with Gasteiger partial charge < -0.3 is 5.32 Å². The molecule has 0 aliphatic heterocycles. The molecule has 4 aromatic rings. The number of carbonyl (C=O) groups excluding carboxylic acids is 1. The molecule has 2 aromatic heterocycles. The minimum Gasteiger partial charge on any atom is -0.324 e. The van der Waals surface area contributed by atoms with Gasteiger partial charge in [0.15, 0.2) is 5.65 Å². The number of rotatable bonds is 5. The summed E-state index contributed by atoms with van der Waals surface area (Å²) < 4.78 is 2.57. The van der Waals surface area contributed by atoms with Crippen LogP contribution in [0, 0.1) is 6.92 Å². The number of fused-ring (bicyclic) bond motifs is 1. The number of benzene rings is 2. The van der Waals surface area contributed by atoms with E-state index >= 15 is 0 Å². The lowest BCUT2D eigenvalue weighted by molar-refractivity contribution is -0.113. The second-order valence-electron chi connectivity index (χ2n) is 6.27. The van der Waals surface area contributed by atoms with E-state index in [1.807, 2.05) is 37.3 Å². The van der Waals surface area contributed by atoms with Gasteiger partial charge in [0, 0.05) is 9.50 Å². The first-order chi connectivity index (χ1) is 14.0. The Labute approximate surface area is 184 Å². The Hall–Kier alpha value is -2.42. The van der Waals surface area contributed by atoms with Crippen LogP contribution in [0.4, 0.5) is 5.69 Å². The van der Waals surface area contributed by atoms with E-state index in [2.05, 4.69) is 36.3 Å². The van der Waals surface area contributed by atoms with E-state index in [0.29, 0.717) is 15.7 Å². The van der Waals surface area contributed by atoms with Crippen molar-refractivity contribution in [1.29, 1.82) is 0 Å². The van der Waals surface area contributed by atoms with E-state index in [-0.39, 0.29) is 11.7 Å². The minimum absolute atomic E-state index is 0.114. The second kappa shape index (κ2) is 8.52. The predicted octanol–water partition coefficient (Wildman–Crippen LogP) is 5.27. The van der Waals surface area contributed by atoms with Gasteiger partial charge >= 0.3 is 0 Å². The van der Waals surface area contributed by atoms with Crippen LogP contribution in [0.3, 0.4) is 0 Å². The summed E-state index contributed by atoms with van der Waals surface area (Å²) in [6.07, 6.45) is 3.19. The molecule has 0 fully saturated rings. The van der Waals surface area contributed by atoms with Gasteiger partial charge in [-0.05, 0) is 64.8 Å². The van der Waals surface area contributed by atoms with Crippen LogP contribution in [0.2, 0.25) is 5.02 Å². The maximum absolute atomic E-state index is 12.4. The number of hydrogen-bond donors (Lipinski definition) is 1. The number of amides is 1. The van der Waals surface area contributed by atoms with Gasteiger partial charge in [-0.15, -0.1) is 0 Å². The van der Waals surface area contributed by atoms with Crippen molar-refractivity contribution >= 4 is 61.9 Å². The van der Waals surface area contributed by atoms with Crippen molar-refractivity contribution < 1.29 is 4.79 Å². The number of aromatic nitrogens is 4. The molecule has 0 aliphatic carbocycles. The molecule has 29 heavy (non-hydrogen) atoms. The van der Waals surface area contributed by atoms with Crippen LogP contribution in [-0.4, -0.2) is 31.4 Å². The molecule has 0 saturated carbocycles. The third-order valence-corrected chi connectivity index (χ3v) is 6.05. The molecular weight excluding hydrogens is 474 g/mol. The van der Waals surface area contributed by atoms with Crippen molar-refractivity contribution in [3.63, 3.8) is 0 Å². The molecule has 0 unspecified atom stereocenters. The lowest BCUT2D eigenvalue weighted by atomic mass is 10.2. The van der Waals surface area contributed by atoms with Crippen LogP contribution in [0.25, 0.3) is 16.7 Å². The smallest absolute Gasteiger partial charge is 0.234 e. The summed E-state index contributed by atoms with van der Waals surface area (Å²) in [6, 6.07) is 13.1. The molecule has 0 spiro atoms. The maximum atomic E-state index is 12.4. The average Bonchev–Trinajstić information content (AvgIpc) is 3.14. The summed E-state index contributed by atoms with van der Waals surface area (Å²) in [4.78, 5) is 21.1. The summed E-state index contributed by atoms with van der Waals surface area (Å²) in [6.45, 7) is 2.00. The number of aryl methyl sites for hydroxylation is 1. The Balaban J connectivity index is 1.51. The number of carbonyl (C=O) groups is 1. The van der Waals surface area contributed by atoms with Crippen LogP contribution in [0.15, 0.2) is 64.5 Å². The third kappa shape index (κ3) is 4.44. The molecular formula is C20H15BrClN5OS. The summed E-state index contributed by atoms with van der Waals surface area (Å²) >= 11 is 10.8. The Kier molecular flexibility index (Phi) is 5.84. The van der Waals surface area contributed by atoms with Gasteiger partial charge in [0.2, 0.25) is 5.91 Å². The van der Waals surface area contributed by atoms with Crippen molar-refractivity contribution in [2.24, 2.45) is 0 Å². The van der Waals surface area contributed by atoms with E-state index in [9.17, 15) is 4.79 Å². The fraction of sp³-hybridized carbons (Fsp3) is 0.100. The van der Waals surface area contributed by atoms with Gasteiger partial charge in [0.05, 0.1) is 28.7 Å². The third-order valence-electron chi connectivity index (χ3n) is 4.14. The van der Waals surface area contributed by atoms with E-state index in [4.69, 9.17) is 11.6 Å². The first kappa shape index (κ1) is 19.9. The number of hydrogen-bond acceptors (Lipinski definition) is 5. The fourth-order valence-corrected chi connectivity index (χ4v) is 4.23. The van der Waals surface area contributed by atoms with Gasteiger partial charge in [-0.2, -0.15) is 5.10 Å². The highest BCUT2D eigenvalue weighted by Gasteiger charge is 2.13. The van der Waals surface area contributed by atoms with Crippen LogP contribution in [-0.2, 0) is 4.79 Å². The van der Waals surface area contributed by atoms with Gasteiger partial charge in [-0.3, -0.25) is 4.79 Å². The SMILES string of the molecule is Cc1ccc(NC(=O)CSc2ncnc3c2cnn3-c2ccc(Cl)cc2)c(Br)c1. The van der Waals surface area contributed by atoms with E-state index < -0.39 is 0 Å². The van der Waals surface area contributed by atoms with Crippen molar-refractivity contribution in [1.82, 2.24) is 19.7 Å². The zero-order valence-electron chi connectivity index (χ0n) is 15.3. The monoisotopic (exact) mass is 487 g/mol. The number of nitrogens with one attached hydrogen (secondary N) is 1. The maximum Gasteiger partial charge on any atom is 0.234 e. The van der Waals surface area contributed by atoms with E-state index in [1.165, 1.54) is 18.1 Å². The summed E-state index contributed by atoms with van der Waals surface area (Å²) in [7, 11) is 0. The number of thioether (sulfide) groups is 1. The zero-order chi connectivity index (χ0) is 20.4. The van der Waals surface area contributed by atoms with Crippen molar-refractivity contribution in [2.75, 3.05) is 11.1 Å². The van der Waals surface area contributed by atoms with Crippen LogP contribution in [0.5, 0.6) is 0 Å². The van der Waals surface area contributed by atoms with E-state index in [0.717, 1.165) is 26.8 Å². The van der Waals surface area contributed by atoms with Gasteiger partial charge in [0.1, 0.15) is 11.4 Å². The van der Waals surface area contributed by atoms with Crippen LogP contribution in [0.1, 0.15) is 5.56 Å². The first-order valence-electron chi connectivity index (χ1n) is 8.65.